The quantitative estimate of drug-likeness (QED) is 0.258. The van der Waals surface area contributed by atoms with Crippen LogP contribution in [0.5, 0.6) is 5.75 Å². The van der Waals surface area contributed by atoms with Gasteiger partial charge in [-0.1, -0.05) is 23.7 Å². The van der Waals surface area contributed by atoms with E-state index in [9.17, 15) is 14.4 Å². The summed E-state index contributed by atoms with van der Waals surface area (Å²) in [5, 5.41) is 9.61. The average Bonchev–Trinajstić information content (AvgIpc) is 2.83. The van der Waals surface area contributed by atoms with Crippen LogP contribution in [0.4, 0.5) is 11.4 Å². The maximum absolute atomic E-state index is 12.1. The van der Waals surface area contributed by atoms with Gasteiger partial charge in [-0.25, -0.2) is 5.43 Å². The minimum absolute atomic E-state index is 0.176. The highest BCUT2D eigenvalue weighted by molar-refractivity contribution is 6.39. The summed E-state index contributed by atoms with van der Waals surface area (Å²) in [6, 6.07) is 17.3. The molecule has 0 saturated carbocycles. The molecule has 0 aliphatic heterocycles. The molecule has 8 nitrogen and oxygen atoms in total. The zero-order valence-electron chi connectivity index (χ0n) is 19.5. The molecule has 0 atom stereocenters. The molecular weight excluding hydrogens is 468 g/mol. The van der Waals surface area contributed by atoms with Gasteiger partial charge in [0.05, 0.1) is 6.21 Å². The highest BCUT2D eigenvalue weighted by Gasteiger charge is 2.13. The van der Waals surface area contributed by atoms with Gasteiger partial charge in [0.1, 0.15) is 5.75 Å². The fourth-order valence-corrected chi connectivity index (χ4v) is 3.07. The normalized spacial score (nSPS) is 10.6. The molecule has 35 heavy (non-hydrogen) atoms. The molecule has 0 radical (unpaired) electrons. The number of ether oxygens (including phenoxy) is 1. The molecule has 0 unspecified atom stereocenters. The summed E-state index contributed by atoms with van der Waals surface area (Å²) in [6.45, 7) is 5.58. The Kier molecular flexibility index (Phi) is 8.58. The first-order valence-corrected chi connectivity index (χ1v) is 11.1. The van der Waals surface area contributed by atoms with E-state index < -0.39 is 11.8 Å². The van der Waals surface area contributed by atoms with Crippen LogP contribution in [0.1, 0.15) is 22.3 Å². The number of amides is 3. The minimum atomic E-state index is -0.889. The van der Waals surface area contributed by atoms with E-state index in [1.807, 2.05) is 32.9 Å². The topological polar surface area (TPSA) is 109 Å². The second-order valence-electron chi connectivity index (χ2n) is 7.82. The molecule has 3 amide bonds. The Morgan fingerprint density at radius 1 is 0.829 bits per heavy atom. The first kappa shape index (κ1) is 25.5. The maximum atomic E-state index is 12.1. The first-order chi connectivity index (χ1) is 16.7. The molecule has 9 heteroatoms. The summed E-state index contributed by atoms with van der Waals surface area (Å²) in [4.78, 5) is 36.1. The van der Waals surface area contributed by atoms with Gasteiger partial charge >= 0.3 is 11.8 Å². The number of carbonyl (C=O) groups excluding carboxylic acids is 3. The van der Waals surface area contributed by atoms with Crippen LogP contribution >= 0.6 is 11.6 Å². The molecule has 0 spiro atoms. The van der Waals surface area contributed by atoms with Gasteiger partial charge in [0.25, 0.3) is 5.91 Å². The van der Waals surface area contributed by atoms with E-state index in [1.54, 1.807) is 48.5 Å². The molecule has 3 rings (SSSR count). The van der Waals surface area contributed by atoms with Crippen molar-refractivity contribution in [2.45, 2.75) is 20.8 Å². The van der Waals surface area contributed by atoms with Crippen molar-refractivity contribution in [2.24, 2.45) is 5.10 Å². The Morgan fingerprint density at radius 2 is 1.49 bits per heavy atom. The third-order valence-electron chi connectivity index (χ3n) is 5.06. The predicted octanol–water partition coefficient (Wildman–Crippen LogP) is 4.37. The molecule has 0 bridgehead atoms. The van der Waals surface area contributed by atoms with Crippen LogP contribution in [-0.2, 0) is 14.4 Å². The lowest BCUT2D eigenvalue weighted by Crippen LogP contribution is -2.32. The SMILES string of the molecule is Cc1ccc(NC(=O)C(=O)N/N=C\c2ccc(OCC(=O)Nc3ccc(C)c(Cl)c3)cc2)cc1C. The molecular formula is C26H25ClN4O4. The van der Waals surface area contributed by atoms with Crippen molar-refractivity contribution in [3.63, 3.8) is 0 Å². The van der Waals surface area contributed by atoms with Gasteiger partial charge in [-0.3, -0.25) is 14.4 Å². The highest BCUT2D eigenvalue weighted by atomic mass is 35.5. The number of carbonyl (C=O) groups is 3. The van der Waals surface area contributed by atoms with Crippen LogP contribution in [-0.4, -0.2) is 30.5 Å². The van der Waals surface area contributed by atoms with Crippen molar-refractivity contribution in [1.82, 2.24) is 5.43 Å². The van der Waals surface area contributed by atoms with Crippen LogP contribution in [0.25, 0.3) is 0 Å². The molecule has 3 aromatic rings. The number of aryl methyl sites for hydroxylation is 3. The van der Waals surface area contributed by atoms with Crippen molar-refractivity contribution in [3.8, 4) is 5.75 Å². The maximum Gasteiger partial charge on any atom is 0.329 e. The van der Waals surface area contributed by atoms with Gasteiger partial charge in [-0.05, 0) is 91.6 Å². The zero-order valence-corrected chi connectivity index (χ0v) is 20.3. The number of anilines is 2. The molecule has 0 fully saturated rings. The molecule has 0 aliphatic carbocycles. The Hall–Kier alpha value is -4.17. The van der Waals surface area contributed by atoms with E-state index in [0.717, 1.165) is 16.7 Å². The van der Waals surface area contributed by atoms with Crippen molar-refractivity contribution >= 4 is 46.9 Å². The van der Waals surface area contributed by atoms with Crippen LogP contribution in [0.15, 0.2) is 65.8 Å². The molecule has 0 heterocycles. The number of nitrogens with zero attached hydrogens (tertiary/aromatic N) is 1. The summed E-state index contributed by atoms with van der Waals surface area (Å²) in [5.41, 5.74) is 6.98. The van der Waals surface area contributed by atoms with Gasteiger partial charge < -0.3 is 15.4 Å². The average molecular weight is 493 g/mol. The third-order valence-corrected chi connectivity index (χ3v) is 5.46. The predicted molar refractivity (Wildman–Crippen MR) is 137 cm³/mol. The second kappa shape index (κ2) is 11.8. The standard InChI is InChI=1S/C26H25ClN4O4/c1-16-4-8-20(12-18(16)3)30-25(33)26(34)31-28-14-19-6-10-22(11-7-19)35-15-24(32)29-21-9-5-17(2)23(27)13-21/h4-14H,15H2,1-3H3,(H,29,32)(H,30,33)(H,31,34)/b28-14-. The summed E-state index contributed by atoms with van der Waals surface area (Å²) < 4.78 is 5.48. The fraction of sp³-hybridized carbons (Fsp3) is 0.154. The van der Waals surface area contributed by atoms with Gasteiger partial charge in [-0.2, -0.15) is 5.10 Å². The largest absolute Gasteiger partial charge is 0.484 e. The van der Waals surface area contributed by atoms with E-state index >= 15 is 0 Å². The summed E-state index contributed by atoms with van der Waals surface area (Å²) in [7, 11) is 0. The van der Waals surface area contributed by atoms with E-state index in [2.05, 4.69) is 21.2 Å². The number of hydrogen-bond donors (Lipinski definition) is 3. The number of halogens is 1. The molecule has 0 saturated heterocycles. The van der Waals surface area contributed by atoms with E-state index in [4.69, 9.17) is 16.3 Å². The molecule has 3 N–H and O–H groups in total. The van der Waals surface area contributed by atoms with E-state index in [1.165, 1.54) is 6.21 Å². The Morgan fingerprint density at radius 3 is 2.14 bits per heavy atom. The van der Waals surface area contributed by atoms with Crippen molar-refractivity contribution in [1.29, 1.82) is 0 Å². The van der Waals surface area contributed by atoms with Gasteiger partial charge in [0.15, 0.2) is 6.61 Å². The third kappa shape index (κ3) is 7.68. The van der Waals surface area contributed by atoms with Crippen LogP contribution in [0.2, 0.25) is 5.02 Å². The van der Waals surface area contributed by atoms with Crippen LogP contribution in [0, 0.1) is 20.8 Å². The first-order valence-electron chi connectivity index (χ1n) is 10.7. The van der Waals surface area contributed by atoms with Crippen molar-refractivity contribution in [3.05, 3.63) is 87.9 Å². The van der Waals surface area contributed by atoms with E-state index in [-0.39, 0.29) is 12.5 Å². The number of hydrazone groups is 1. The van der Waals surface area contributed by atoms with Crippen molar-refractivity contribution in [2.75, 3.05) is 17.2 Å². The summed E-state index contributed by atoms with van der Waals surface area (Å²) >= 11 is 6.06. The Bertz CT molecular complexity index is 1270. The molecule has 0 aromatic heterocycles. The van der Waals surface area contributed by atoms with Crippen LogP contribution in [0.3, 0.4) is 0 Å². The number of nitrogens with one attached hydrogen (secondary N) is 3. The lowest BCUT2D eigenvalue weighted by Gasteiger charge is -2.09. The Balaban J connectivity index is 1.44. The lowest BCUT2D eigenvalue weighted by molar-refractivity contribution is -0.136. The number of rotatable bonds is 7. The summed E-state index contributed by atoms with van der Waals surface area (Å²) in [6.07, 6.45) is 1.39. The van der Waals surface area contributed by atoms with Gasteiger partial charge in [-0.15, -0.1) is 0 Å². The number of benzene rings is 3. The Labute approximate surface area is 208 Å². The van der Waals surface area contributed by atoms with E-state index in [0.29, 0.717) is 27.7 Å². The minimum Gasteiger partial charge on any atom is -0.484 e. The number of hydrogen-bond acceptors (Lipinski definition) is 5. The zero-order chi connectivity index (χ0) is 25.4. The monoisotopic (exact) mass is 492 g/mol. The fourth-order valence-electron chi connectivity index (χ4n) is 2.89. The smallest absolute Gasteiger partial charge is 0.329 e. The second-order valence-corrected chi connectivity index (χ2v) is 8.23. The van der Waals surface area contributed by atoms with Gasteiger partial charge in [0, 0.05) is 16.4 Å². The van der Waals surface area contributed by atoms with Crippen molar-refractivity contribution < 1.29 is 19.1 Å². The summed E-state index contributed by atoms with van der Waals surface area (Å²) in [5.74, 6) is -1.55. The molecule has 0 aliphatic rings. The molecule has 180 valence electrons. The highest BCUT2D eigenvalue weighted by Crippen LogP contribution is 2.20. The van der Waals surface area contributed by atoms with Gasteiger partial charge in [0.2, 0.25) is 0 Å². The molecule has 3 aromatic carbocycles. The van der Waals surface area contributed by atoms with Crippen LogP contribution < -0.4 is 20.8 Å². The lowest BCUT2D eigenvalue weighted by atomic mass is 10.1.